The molecule has 0 saturated carbocycles. The molecule has 4 atom stereocenters. The fourth-order valence-corrected chi connectivity index (χ4v) is 9.18. The number of nitrogens with zero attached hydrogens (tertiary/aromatic N) is 1. The zero-order chi connectivity index (χ0) is 46.3. The summed E-state index contributed by atoms with van der Waals surface area (Å²) in [4.78, 5) is 55.6. The highest BCUT2D eigenvalue weighted by Crippen LogP contribution is 2.28. The zero-order valence-electron chi connectivity index (χ0n) is 42.0. The largest absolute Gasteiger partial charge is 0.461 e. The van der Waals surface area contributed by atoms with E-state index < -0.39 is 30.4 Å². The topological polar surface area (TPSA) is 118 Å². The van der Waals surface area contributed by atoms with E-state index in [4.69, 9.17) is 23.7 Å². The highest BCUT2D eigenvalue weighted by Gasteiger charge is 2.48. The molecule has 0 N–H and O–H groups in total. The minimum Gasteiger partial charge on any atom is -0.461 e. The van der Waals surface area contributed by atoms with Crippen LogP contribution in [0.5, 0.6) is 0 Å². The van der Waals surface area contributed by atoms with E-state index in [1.54, 1.807) is 0 Å². The van der Waals surface area contributed by atoms with Crippen LogP contribution in [-0.4, -0.2) is 86.5 Å². The Balaban J connectivity index is 2.01. The van der Waals surface area contributed by atoms with Gasteiger partial charge >= 0.3 is 23.9 Å². The molecule has 0 aliphatic carbocycles. The van der Waals surface area contributed by atoms with Crippen LogP contribution in [-0.2, 0) is 42.9 Å². The number of hydrogen-bond donors (Lipinski definition) is 0. The number of carbonyl (C=O) groups is 4. The Morgan fingerprint density at radius 2 is 0.859 bits per heavy atom. The molecule has 0 bridgehead atoms. The summed E-state index contributed by atoms with van der Waals surface area (Å²) < 4.78 is 30.3. The number of carbonyl (C=O) groups excluding carboxylic acids is 4. The van der Waals surface area contributed by atoms with Gasteiger partial charge in [-0.1, -0.05) is 207 Å². The summed E-state index contributed by atoms with van der Waals surface area (Å²) in [6.45, 7) is 8.13. The van der Waals surface area contributed by atoms with Crippen molar-refractivity contribution in [3.63, 3.8) is 0 Å². The van der Waals surface area contributed by atoms with Crippen LogP contribution in [0.3, 0.4) is 0 Å². The van der Waals surface area contributed by atoms with Crippen molar-refractivity contribution >= 4 is 23.9 Å². The number of esters is 4. The van der Waals surface area contributed by atoms with Crippen molar-refractivity contribution in [2.24, 2.45) is 5.92 Å². The van der Waals surface area contributed by atoms with Gasteiger partial charge in [-0.2, -0.15) is 0 Å². The average molecular weight is 906 g/mol. The van der Waals surface area contributed by atoms with Gasteiger partial charge in [0.15, 0.2) is 18.3 Å². The average Bonchev–Trinajstić information content (AvgIpc) is 3.67. The van der Waals surface area contributed by atoms with Crippen LogP contribution in [0, 0.1) is 5.92 Å². The second-order valence-corrected chi connectivity index (χ2v) is 19.5. The van der Waals surface area contributed by atoms with Crippen molar-refractivity contribution in [2.75, 3.05) is 33.4 Å². The molecule has 10 heteroatoms. The Kier molecular flexibility index (Phi) is 36.1. The Morgan fingerprint density at radius 1 is 0.500 bits per heavy atom. The summed E-state index contributed by atoms with van der Waals surface area (Å²) in [7, 11) is 2.04. The smallest absolute Gasteiger partial charge is 0.309 e. The van der Waals surface area contributed by atoms with Crippen molar-refractivity contribution < 1.29 is 42.9 Å². The van der Waals surface area contributed by atoms with Gasteiger partial charge in [-0.3, -0.25) is 19.2 Å². The Hall–Kier alpha value is -2.20. The van der Waals surface area contributed by atoms with Gasteiger partial charge in [0.05, 0.1) is 12.5 Å². The van der Waals surface area contributed by atoms with E-state index >= 15 is 0 Å². The monoisotopic (exact) mass is 906 g/mol. The zero-order valence-corrected chi connectivity index (χ0v) is 42.0. The molecule has 0 spiro atoms. The van der Waals surface area contributed by atoms with Gasteiger partial charge in [0.2, 0.25) is 0 Å². The molecule has 2 heterocycles. The number of hydrogen-bond acceptors (Lipinski definition) is 10. The SMILES string of the molecule is CCCCCCCCCCCCCC(=O)O[C@H](COC(=O)C1CCN(C)CC1)C1OC[C@H](OC(=O)CCCCCCCCCCCC)[C@H]1OC(=O)CCCCCCCCCCCCC. The van der Waals surface area contributed by atoms with Crippen molar-refractivity contribution in [1.82, 2.24) is 4.90 Å². The van der Waals surface area contributed by atoms with Crippen LogP contribution in [0.2, 0.25) is 0 Å². The fourth-order valence-electron chi connectivity index (χ4n) is 9.18. The molecule has 2 fully saturated rings. The van der Waals surface area contributed by atoms with Crippen molar-refractivity contribution in [2.45, 2.75) is 283 Å². The van der Waals surface area contributed by atoms with E-state index in [0.717, 1.165) is 58.0 Å². The standard InChI is InChI=1S/C54H99NO9/c1-5-8-11-14-17-20-23-26-29-31-34-37-49(56)62-47(45-61-54(59)46-40-42-55(4)43-41-46)52-53(64-51(58)39-36-33-30-27-24-21-18-15-12-9-6-2)48(44-60-52)63-50(57)38-35-32-28-25-22-19-16-13-10-7-3/h46-48,52-53H,5-45H2,1-4H3/t47-,48+,52?,53-/m1/s1. The molecule has 2 aliphatic rings. The number of likely N-dealkylation sites (tertiary alicyclic amines) is 1. The lowest BCUT2D eigenvalue weighted by Crippen LogP contribution is -2.47. The molecule has 0 radical (unpaired) electrons. The third-order valence-corrected chi connectivity index (χ3v) is 13.5. The van der Waals surface area contributed by atoms with Gasteiger partial charge < -0.3 is 28.6 Å². The van der Waals surface area contributed by atoms with Gasteiger partial charge in [0.1, 0.15) is 12.7 Å². The minimum absolute atomic E-state index is 0.000386. The first-order valence-electron chi connectivity index (χ1n) is 27.3. The minimum atomic E-state index is -1.01. The quantitative estimate of drug-likeness (QED) is 0.0333. The fraction of sp³-hybridized carbons (Fsp3) is 0.926. The maximum Gasteiger partial charge on any atom is 0.309 e. The van der Waals surface area contributed by atoms with Crippen LogP contribution < -0.4 is 0 Å². The Labute approximate surface area is 392 Å². The number of rotatable bonds is 42. The molecule has 0 amide bonds. The molecule has 0 aromatic carbocycles. The number of unbranched alkanes of at least 4 members (excludes halogenated alkanes) is 29. The second-order valence-electron chi connectivity index (χ2n) is 19.5. The summed E-state index contributed by atoms with van der Waals surface area (Å²) in [5.41, 5.74) is 0. The van der Waals surface area contributed by atoms with E-state index in [1.807, 2.05) is 7.05 Å². The van der Waals surface area contributed by atoms with Crippen LogP contribution in [0.4, 0.5) is 0 Å². The third kappa shape index (κ3) is 29.4. The van der Waals surface area contributed by atoms with E-state index in [9.17, 15) is 19.2 Å². The van der Waals surface area contributed by atoms with Crippen molar-refractivity contribution in [3.8, 4) is 0 Å². The molecule has 2 rings (SSSR count). The summed E-state index contributed by atoms with van der Waals surface area (Å²) in [6.07, 6.45) is 35.9. The molecule has 2 aliphatic heterocycles. The molecule has 0 aromatic heterocycles. The highest BCUT2D eigenvalue weighted by molar-refractivity contribution is 5.73. The van der Waals surface area contributed by atoms with Gasteiger partial charge in [-0.15, -0.1) is 0 Å². The lowest BCUT2D eigenvalue weighted by Gasteiger charge is -2.30. The molecular formula is C54H99NO9. The summed E-state index contributed by atoms with van der Waals surface area (Å²) in [6, 6.07) is 0. The maximum atomic E-state index is 13.5. The van der Waals surface area contributed by atoms with Crippen LogP contribution >= 0.6 is 0 Å². The summed E-state index contributed by atoms with van der Waals surface area (Å²) in [5.74, 6) is -1.68. The Morgan fingerprint density at radius 3 is 1.27 bits per heavy atom. The van der Waals surface area contributed by atoms with E-state index in [0.29, 0.717) is 25.7 Å². The first-order chi connectivity index (χ1) is 31.3. The van der Waals surface area contributed by atoms with Gasteiger partial charge in [-0.05, 0) is 52.2 Å². The molecule has 2 saturated heterocycles. The predicted molar refractivity (Wildman–Crippen MR) is 259 cm³/mol. The van der Waals surface area contributed by atoms with Crippen LogP contribution in [0.15, 0.2) is 0 Å². The van der Waals surface area contributed by atoms with Crippen molar-refractivity contribution in [1.29, 1.82) is 0 Å². The Bertz CT molecular complexity index is 1160. The number of ether oxygens (including phenoxy) is 5. The molecule has 10 nitrogen and oxygen atoms in total. The third-order valence-electron chi connectivity index (χ3n) is 13.5. The van der Waals surface area contributed by atoms with Gasteiger partial charge in [0, 0.05) is 19.3 Å². The van der Waals surface area contributed by atoms with Gasteiger partial charge in [0.25, 0.3) is 0 Å². The van der Waals surface area contributed by atoms with E-state index in [1.165, 1.54) is 148 Å². The first kappa shape index (κ1) is 57.9. The lowest BCUT2D eigenvalue weighted by atomic mass is 9.97. The molecule has 1 unspecified atom stereocenters. The summed E-state index contributed by atoms with van der Waals surface area (Å²) >= 11 is 0. The van der Waals surface area contributed by atoms with Crippen molar-refractivity contribution in [3.05, 3.63) is 0 Å². The van der Waals surface area contributed by atoms with Crippen LogP contribution in [0.25, 0.3) is 0 Å². The highest BCUT2D eigenvalue weighted by atomic mass is 16.7. The normalized spacial score (nSPS) is 18.5. The van der Waals surface area contributed by atoms with E-state index in [-0.39, 0.29) is 56.3 Å². The lowest BCUT2D eigenvalue weighted by molar-refractivity contribution is -0.180. The predicted octanol–water partition coefficient (Wildman–Crippen LogP) is 13.7. The first-order valence-corrected chi connectivity index (χ1v) is 27.3. The summed E-state index contributed by atoms with van der Waals surface area (Å²) in [5, 5.41) is 0. The van der Waals surface area contributed by atoms with Crippen LogP contribution in [0.1, 0.15) is 258 Å². The molecule has 0 aromatic rings. The second kappa shape index (κ2) is 39.9. The maximum absolute atomic E-state index is 13.5. The molecule has 64 heavy (non-hydrogen) atoms. The molecule has 374 valence electrons. The van der Waals surface area contributed by atoms with E-state index in [2.05, 4.69) is 25.7 Å². The molecular weight excluding hydrogens is 807 g/mol. The number of piperidine rings is 1. The van der Waals surface area contributed by atoms with Gasteiger partial charge in [-0.25, -0.2) is 0 Å².